The minimum atomic E-state index is -0.693. The Hall–Kier alpha value is -1.31. The van der Waals surface area contributed by atoms with E-state index in [1.807, 2.05) is 0 Å². The predicted octanol–water partition coefficient (Wildman–Crippen LogP) is 7.22. The van der Waals surface area contributed by atoms with Crippen LogP contribution in [-0.4, -0.2) is 11.1 Å². The highest BCUT2D eigenvalue weighted by Gasteiger charge is 1.93. The summed E-state index contributed by atoms with van der Waals surface area (Å²) in [6.45, 7) is 2.23. The molecule has 0 atom stereocenters. The number of rotatable bonds is 17. The van der Waals surface area contributed by atoms with Gasteiger partial charge in [-0.1, -0.05) is 75.5 Å². The lowest BCUT2D eigenvalue weighted by atomic mass is 10.1. The topological polar surface area (TPSA) is 37.3 Å². The largest absolute Gasteiger partial charge is 0.481 e. The molecular weight excluding hydrogens is 296 g/mol. The van der Waals surface area contributed by atoms with E-state index in [4.69, 9.17) is 5.11 Å². The van der Waals surface area contributed by atoms with Crippen molar-refractivity contribution in [1.29, 1.82) is 0 Å². The average molecular weight is 335 g/mol. The van der Waals surface area contributed by atoms with Crippen LogP contribution in [0.15, 0.2) is 36.5 Å². The summed E-state index contributed by atoms with van der Waals surface area (Å²) in [5, 5.41) is 8.53. The third kappa shape index (κ3) is 20.7. The van der Waals surface area contributed by atoms with Gasteiger partial charge in [-0.3, -0.25) is 4.79 Å². The molecule has 0 aromatic carbocycles. The highest BCUT2D eigenvalue weighted by atomic mass is 16.4. The van der Waals surface area contributed by atoms with Gasteiger partial charge >= 0.3 is 5.97 Å². The van der Waals surface area contributed by atoms with Crippen LogP contribution in [0.2, 0.25) is 0 Å². The van der Waals surface area contributed by atoms with Gasteiger partial charge in [0, 0.05) is 6.42 Å². The third-order valence-electron chi connectivity index (χ3n) is 4.00. The van der Waals surface area contributed by atoms with E-state index in [1.165, 1.54) is 57.8 Å². The summed E-state index contributed by atoms with van der Waals surface area (Å²) in [6, 6.07) is 0. The van der Waals surface area contributed by atoms with Gasteiger partial charge in [-0.2, -0.15) is 0 Å². The van der Waals surface area contributed by atoms with E-state index >= 15 is 0 Å². The third-order valence-corrected chi connectivity index (χ3v) is 4.00. The molecule has 0 fully saturated rings. The normalized spacial score (nSPS) is 12.0. The van der Waals surface area contributed by atoms with Gasteiger partial charge in [0.25, 0.3) is 0 Å². The maximum Gasteiger partial charge on any atom is 0.303 e. The Kier molecular flexibility index (Phi) is 18.7. The summed E-state index contributed by atoms with van der Waals surface area (Å²) < 4.78 is 0. The van der Waals surface area contributed by atoms with Gasteiger partial charge in [-0.25, -0.2) is 0 Å². The number of carboxylic acids is 1. The molecule has 0 aliphatic heterocycles. The lowest BCUT2D eigenvalue weighted by molar-refractivity contribution is -0.137. The summed E-state index contributed by atoms with van der Waals surface area (Å²) in [6.07, 6.45) is 29.3. The van der Waals surface area contributed by atoms with Crippen molar-refractivity contribution < 1.29 is 9.90 Å². The maximum absolute atomic E-state index is 10.4. The van der Waals surface area contributed by atoms with Crippen LogP contribution in [-0.2, 0) is 4.79 Å². The van der Waals surface area contributed by atoms with Crippen molar-refractivity contribution in [2.45, 2.75) is 96.8 Å². The molecular formula is C22H38O2. The second kappa shape index (κ2) is 19.7. The van der Waals surface area contributed by atoms with Crippen LogP contribution in [0.5, 0.6) is 0 Å². The van der Waals surface area contributed by atoms with Crippen LogP contribution >= 0.6 is 0 Å². The Labute approximate surface area is 149 Å². The summed E-state index contributed by atoms with van der Waals surface area (Å²) >= 11 is 0. The molecule has 0 heterocycles. The molecule has 0 saturated heterocycles. The van der Waals surface area contributed by atoms with E-state index in [0.717, 1.165) is 25.7 Å². The quantitative estimate of drug-likeness (QED) is 0.225. The van der Waals surface area contributed by atoms with Gasteiger partial charge < -0.3 is 5.11 Å². The van der Waals surface area contributed by atoms with Gasteiger partial charge in [0.05, 0.1) is 0 Å². The van der Waals surface area contributed by atoms with Gasteiger partial charge in [-0.15, -0.1) is 0 Å². The lowest BCUT2D eigenvalue weighted by Crippen LogP contribution is -1.92. The van der Waals surface area contributed by atoms with Gasteiger partial charge in [0.1, 0.15) is 0 Å². The fourth-order valence-corrected chi connectivity index (χ4v) is 2.49. The lowest BCUT2D eigenvalue weighted by Gasteiger charge is -1.98. The molecule has 0 aliphatic rings. The Morgan fingerprint density at radius 2 is 1.12 bits per heavy atom. The molecule has 2 nitrogen and oxygen atoms in total. The Bertz CT molecular complexity index is 353. The molecule has 0 bridgehead atoms. The zero-order chi connectivity index (χ0) is 17.7. The number of hydrogen-bond acceptors (Lipinski definition) is 1. The first kappa shape index (κ1) is 22.7. The number of carbonyl (C=O) groups is 1. The van der Waals surface area contributed by atoms with Gasteiger partial charge in [0.15, 0.2) is 0 Å². The number of hydrogen-bond donors (Lipinski definition) is 1. The highest BCUT2D eigenvalue weighted by Crippen LogP contribution is 2.09. The van der Waals surface area contributed by atoms with Crippen LogP contribution in [0.1, 0.15) is 96.8 Å². The number of unbranched alkanes of at least 4 members (excludes halogenated alkanes) is 9. The minimum absolute atomic E-state index is 0.286. The summed E-state index contributed by atoms with van der Waals surface area (Å²) in [5.74, 6) is -0.693. The zero-order valence-corrected chi connectivity index (χ0v) is 15.7. The summed E-state index contributed by atoms with van der Waals surface area (Å²) in [7, 11) is 0. The average Bonchev–Trinajstić information content (AvgIpc) is 2.56. The van der Waals surface area contributed by atoms with E-state index in [2.05, 4.69) is 43.4 Å². The molecule has 0 unspecified atom stereocenters. The molecule has 0 saturated carbocycles. The van der Waals surface area contributed by atoms with Crippen molar-refractivity contribution >= 4 is 5.97 Å². The van der Waals surface area contributed by atoms with Crippen LogP contribution in [0, 0.1) is 0 Å². The first-order chi connectivity index (χ1) is 11.8. The number of allylic oxidation sites excluding steroid dienone is 6. The first-order valence-electron chi connectivity index (χ1n) is 9.94. The molecule has 0 aromatic rings. The molecule has 24 heavy (non-hydrogen) atoms. The van der Waals surface area contributed by atoms with E-state index in [1.54, 1.807) is 0 Å². The molecule has 0 spiro atoms. The fraction of sp³-hybridized carbons (Fsp3) is 0.682. The van der Waals surface area contributed by atoms with E-state index in [9.17, 15) is 4.79 Å². The van der Waals surface area contributed by atoms with Crippen molar-refractivity contribution in [3.05, 3.63) is 36.5 Å². The second-order valence-corrected chi connectivity index (χ2v) is 6.42. The number of carboxylic acid groups (broad SMARTS) is 1. The fourth-order valence-electron chi connectivity index (χ4n) is 2.49. The van der Waals surface area contributed by atoms with Gasteiger partial charge in [-0.05, 0) is 51.4 Å². The van der Waals surface area contributed by atoms with Crippen molar-refractivity contribution in [3.8, 4) is 0 Å². The predicted molar refractivity (Wildman–Crippen MR) is 105 cm³/mol. The van der Waals surface area contributed by atoms with Crippen molar-refractivity contribution in [1.82, 2.24) is 0 Å². The Morgan fingerprint density at radius 1 is 0.667 bits per heavy atom. The van der Waals surface area contributed by atoms with E-state index < -0.39 is 5.97 Å². The molecule has 1 N–H and O–H groups in total. The van der Waals surface area contributed by atoms with Crippen LogP contribution in [0.25, 0.3) is 0 Å². The van der Waals surface area contributed by atoms with Crippen molar-refractivity contribution in [3.63, 3.8) is 0 Å². The molecule has 0 amide bonds. The highest BCUT2D eigenvalue weighted by molar-refractivity contribution is 5.66. The molecule has 0 aliphatic carbocycles. The monoisotopic (exact) mass is 334 g/mol. The zero-order valence-electron chi connectivity index (χ0n) is 15.7. The molecule has 0 radical (unpaired) electrons. The summed E-state index contributed by atoms with van der Waals surface area (Å²) in [5.41, 5.74) is 0. The minimum Gasteiger partial charge on any atom is -0.481 e. The maximum atomic E-state index is 10.4. The van der Waals surface area contributed by atoms with Gasteiger partial charge in [0.2, 0.25) is 0 Å². The smallest absolute Gasteiger partial charge is 0.303 e. The van der Waals surface area contributed by atoms with Crippen molar-refractivity contribution in [2.75, 3.05) is 0 Å². The molecule has 0 aromatic heterocycles. The molecule has 0 rings (SSSR count). The standard InChI is InChI=1S/C22H38O2/c1-2-3-4-5-6-7-8-9-10-11-12-13-14-15-16-17-18-19-20-21-22(23)24/h5-6,8-9,17-18H,2-4,7,10-16,19-21H2,1H3,(H,23,24). The van der Waals surface area contributed by atoms with E-state index in [-0.39, 0.29) is 6.42 Å². The number of aliphatic carboxylic acids is 1. The van der Waals surface area contributed by atoms with E-state index in [0.29, 0.717) is 0 Å². The Morgan fingerprint density at radius 3 is 1.67 bits per heavy atom. The Balaban J connectivity index is 3.21. The molecule has 2 heteroatoms. The summed E-state index contributed by atoms with van der Waals surface area (Å²) in [4.78, 5) is 10.4. The second-order valence-electron chi connectivity index (χ2n) is 6.42. The molecule has 138 valence electrons. The van der Waals surface area contributed by atoms with Crippen LogP contribution < -0.4 is 0 Å². The van der Waals surface area contributed by atoms with Crippen molar-refractivity contribution in [2.24, 2.45) is 0 Å². The van der Waals surface area contributed by atoms with Crippen LogP contribution in [0.4, 0.5) is 0 Å². The SMILES string of the molecule is CCCCC=CCC=CCCCCCCCC=CCCCC(=O)O. The first-order valence-corrected chi connectivity index (χ1v) is 9.94. The van der Waals surface area contributed by atoms with Crippen LogP contribution in [0.3, 0.4) is 0 Å².